The van der Waals surface area contributed by atoms with Crippen molar-refractivity contribution < 1.29 is 0 Å². The summed E-state index contributed by atoms with van der Waals surface area (Å²) in [5.41, 5.74) is 8.45. The van der Waals surface area contributed by atoms with Crippen LogP contribution in [0.25, 0.3) is 16.8 Å². The Bertz CT molecular complexity index is 634. The lowest BCUT2D eigenvalue weighted by atomic mass is 10.3. The van der Waals surface area contributed by atoms with Crippen LogP contribution in [0.2, 0.25) is 0 Å². The molecular formula is C10H11N5. The van der Waals surface area contributed by atoms with Gasteiger partial charge in [-0.05, 0) is 18.2 Å². The molecule has 76 valence electrons. The number of benzene rings is 1. The smallest absolute Gasteiger partial charge is 0.230 e. The average Bonchev–Trinajstić information content (AvgIpc) is 2.76. The fraction of sp³-hybridized carbons (Fsp3) is 0.200. The Kier molecular flexibility index (Phi) is 1.50. The Morgan fingerprint density at radius 1 is 1.47 bits per heavy atom. The lowest BCUT2D eigenvalue weighted by Crippen LogP contribution is -1.91. The van der Waals surface area contributed by atoms with Crippen LogP contribution in [0.3, 0.4) is 0 Å². The van der Waals surface area contributed by atoms with Crippen molar-refractivity contribution in [3.05, 3.63) is 24.0 Å². The number of fused-ring (bicyclic) bond motifs is 3. The van der Waals surface area contributed by atoms with E-state index < -0.39 is 0 Å². The summed E-state index contributed by atoms with van der Waals surface area (Å²) in [4.78, 5) is 4.41. The number of aromatic amines is 1. The summed E-state index contributed by atoms with van der Waals surface area (Å²) in [6.07, 6.45) is 0.861. The van der Waals surface area contributed by atoms with Gasteiger partial charge in [-0.15, -0.1) is 0 Å². The largest absolute Gasteiger partial charge is 0.399 e. The van der Waals surface area contributed by atoms with Crippen molar-refractivity contribution in [2.24, 2.45) is 0 Å². The number of nitrogen functional groups attached to an aromatic ring is 1. The molecule has 0 aliphatic heterocycles. The summed E-state index contributed by atoms with van der Waals surface area (Å²) in [6, 6.07) is 5.70. The second-order valence-electron chi connectivity index (χ2n) is 3.51. The fourth-order valence-corrected chi connectivity index (χ4v) is 1.83. The molecule has 0 fully saturated rings. The molecule has 1 aromatic carbocycles. The second-order valence-corrected chi connectivity index (χ2v) is 3.51. The van der Waals surface area contributed by atoms with Gasteiger partial charge in [0.05, 0.1) is 11.0 Å². The van der Waals surface area contributed by atoms with Crippen molar-refractivity contribution in [3.8, 4) is 0 Å². The molecule has 3 rings (SSSR count). The highest BCUT2D eigenvalue weighted by atomic mass is 15.3. The van der Waals surface area contributed by atoms with Crippen LogP contribution in [-0.2, 0) is 6.42 Å². The molecule has 0 saturated heterocycles. The molecule has 2 heterocycles. The number of anilines is 1. The summed E-state index contributed by atoms with van der Waals surface area (Å²) in [7, 11) is 0. The number of aryl methyl sites for hydroxylation is 1. The maximum absolute atomic E-state index is 5.76. The average molecular weight is 201 g/mol. The maximum Gasteiger partial charge on any atom is 0.230 e. The van der Waals surface area contributed by atoms with Crippen molar-refractivity contribution in [1.82, 2.24) is 19.6 Å². The van der Waals surface area contributed by atoms with Gasteiger partial charge in [0, 0.05) is 12.1 Å². The molecule has 5 heteroatoms. The highest BCUT2D eigenvalue weighted by molar-refractivity contribution is 5.82. The van der Waals surface area contributed by atoms with Gasteiger partial charge in [-0.3, -0.25) is 4.40 Å². The summed E-state index contributed by atoms with van der Waals surface area (Å²) in [5.74, 6) is 1.74. The van der Waals surface area contributed by atoms with Crippen molar-refractivity contribution in [2.45, 2.75) is 13.3 Å². The molecule has 0 radical (unpaired) electrons. The summed E-state index contributed by atoms with van der Waals surface area (Å²) in [5, 5.41) is 7.10. The first-order valence-corrected chi connectivity index (χ1v) is 4.90. The minimum absolute atomic E-state index is 0.743. The normalized spacial score (nSPS) is 11.5. The highest BCUT2D eigenvalue weighted by Gasteiger charge is 2.09. The van der Waals surface area contributed by atoms with Crippen LogP contribution in [-0.4, -0.2) is 19.6 Å². The SMILES string of the molecule is CCc1n[nH]c2nc3ccc(N)cc3n12. The third-order valence-electron chi connectivity index (χ3n) is 2.54. The van der Waals surface area contributed by atoms with Crippen LogP contribution < -0.4 is 5.73 Å². The third kappa shape index (κ3) is 1.03. The van der Waals surface area contributed by atoms with E-state index in [-0.39, 0.29) is 0 Å². The number of aromatic nitrogens is 4. The third-order valence-corrected chi connectivity index (χ3v) is 2.54. The number of rotatable bonds is 1. The Morgan fingerprint density at radius 3 is 3.13 bits per heavy atom. The van der Waals surface area contributed by atoms with Gasteiger partial charge >= 0.3 is 0 Å². The number of nitrogens with zero attached hydrogens (tertiary/aromatic N) is 3. The van der Waals surface area contributed by atoms with Gasteiger partial charge in [-0.2, -0.15) is 5.10 Å². The van der Waals surface area contributed by atoms with Gasteiger partial charge in [0.1, 0.15) is 5.82 Å². The number of nitrogens with one attached hydrogen (secondary N) is 1. The van der Waals surface area contributed by atoms with Crippen molar-refractivity contribution in [1.29, 1.82) is 0 Å². The van der Waals surface area contributed by atoms with E-state index in [1.165, 1.54) is 0 Å². The molecule has 2 aromatic heterocycles. The van der Waals surface area contributed by atoms with E-state index in [0.29, 0.717) is 0 Å². The summed E-state index contributed by atoms with van der Waals surface area (Å²) < 4.78 is 2.01. The van der Waals surface area contributed by atoms with E-state index in [9.17, 15) is 0 Å². The molecule has 0 amide bonds. The molecule has 0 aliphatic carbocycles. The molecule has 5 nitrogen and oxygen atoms in total. The number of hydrogen-bond donors (Lipinski definition) is 2. The Balaban J connectivity index is 2.52. The van der Waals surface area contributed by atoms with Crippen LogP contribution in [0.1, 0.15) is 12.7 Å². The lowest BCUT2D eigenvalue weighted by molar-refractivity contribution is 0.923. The molecule has 0 spiro atoms. The molecule has 0 aliphatic rings. The lowest BCUT2D eigenvalue weighted by Gasteiger charge is -1.95. The molecular weight excluding hydrogens is 190 g/mol. The van der Waals surface area contributed by atoms with Crippen LogP contribution in [0.5, 0.6) is 0 Å². The van der Waals surface area contributed by atoms with E-state index in [4.69, 9.17) is 5.73 Å². The topological polar surface area (TPSA) is 72.0 Å². The predicted octanol–water partition coefficient (Wildman–Crippen LogP) is 1.36. The fourth-order valence-electron chi connectivity index (χ4n) is 1.83. The van der Waals surface area contributed by atoms with E-state index in [0.717, 1.165) is 34.7 Å². The minimum atomic E-state index is 0.743. The first kappa shape index (κ1) is 8.28. The summed E-state index contributed by atoms with van der Waals surface area (Å²) >= 11 is 0. The van der Waals surface area contributed by atoms with Crippen molar-refractivity contribution in [3.63, 3.8) is 0 Å². The molecule has 15 heavy (non-hydrogen) atoms. The van der Waals surface area contributed by atoms with Gasteiger partial charge in [0.15, 0.2) is 0 Å². The van der Waals surface area contributed by atoms with Gasteiger partial charge < -0.3 is 5.73 Å². The second kappa shape index (κ2) is 2.73. The Labute approximate surface area is 85.9 Å². The van der Waals surface area contributed by atoms with Crippen LogP contribution in [0, 0.1) is 0 Å². The zero-order valence-electron chi connectivity index (χ0n) is 8.36. The van der Waals surface area contributed by atoms with Crippen molar-refractivity contribution in [2.75, 3.05) is 5.73 Å². The number of hydrogen-bond acceptors (Lipinski definition) is 3. The number of H-pyrrole nitrogens is 1. The van der Waals surface area contributed by atoms with Crippen LogP contribution in [0.4, 0.5) is 5.69 Å². The number of imidazole rings is 1. The zero-order valence-corrected chi connectivity index (χ0v) is 8.36. The monoisotopic (exact) mass is 201 g/mol. The predicted molar refractivity (Wildman–Crippen MR) is 58.6 cm³/mol. The first-order valence-electron chi connectivity index (χ1n) is 4.90. The molecule has 0 saturated carbocycles. The molecule has 3 N–H and O–H groups in total. The van der Waals surface area contributed by atoms with E-state index >= 15 is 0 Å². The summed E-state index contributed by atoms with van der Waals surface area (Å²) in [6.45, 7) is 2.06. The quantitative estimate of drug-likeness (QED) is 0.584. The van der Waals surface area contributed by atoms with Gasteiger partial charge in [0.25, 0.3) is 0 Å². The number of nitrogens with two attached hydrogens (primary N) is 1. The van der Waals surface area contributed by atoms with Crippen molar-refractivity contribution >= 4 is 22.5 Å². The molecule has 0 atom stereocenters. The highest BCUT2D eigenvalue weighted by Crippen LogP contribution is 2.19. The van der Waals surface area contributed by atoms with E-state index in [2.05, 4.69) is 22.1 Å². The van der Waals surface area contributed by atoms with Crippen LogP contribution in [0.15, 0.2) is 18.2 Å². The maximum atomic E-state index is 5.76. The molecule has 0 unspecified atom stereocenters. The zero-order chi connectivity index (χ0) is 10.4. The Morgan fingerprint density at radius 2 is 2.33 bits per heavy atom. The molecule has 0 bridgehead atoms. The van der Waals surface area contributed by atoms with Crippen LogP contribution >= 0.6 is 0 Å². The molecule has 3 aromatic rings. The Hall–Kier alpha value is -2.04. The van der Waals surface area contributed by atoms with E-state index in [1.54, 1.807) is 0 Å². The van der Waals surface area contributed by atoms with Gasteiger partial charge in [0.2, 0.25) is 5.78 Å². The van der Waals surface area contributed by atoms with Gasteiger partial charge in [-0.25, -0.2) is 10.1 Å². The minimum Gasteiger partial charge on any atom is -0.399 e. The van der Waals surface area contributed by atoms with Gasteiger partial charge in [-0.1, -0.05) is 6.92 Å². The first-order chi connectivity index (χ1) is 7.29. The van der Waals surface area contributed by atoms with E-state index in [1.807, 2.05) is 22.6 Å². The standard InChI is InChI=1S/C10H11N5/c1-2-9-13-14-10-12-7-4-3-6(11)5-8(7)15(9)10/h3-5H,2,11H2,1H3,(H,12,14).